The summed E-state index contributed by atoms with van der Waals surface area (Å²) >= 11 is 3.39. The van der Waals surface area contributed by atoms with Gasteiger partial charge in [-0.05, 0) is 29.8 Å². The Morgan fingerprint density at radius 3 is 2.48 bits per heavy atom. The summed E-state index contributed by atoms with van der Waals surface area (Å²) in [7, 11) is 0. The van der Waals surface area contributed by atoms with Crippen LogP contribution in [0.5, 0.6) is 0 Å². The predicted molar refractivity (Wildman–Crippen MR) is 88.3 cm³/mol. The molecule has 0 atom stereocenters. The molecule has 21 heavy (non-hydrogen) atoms. The highest BCUT2D eigenvalue weighted by Gasteiger charge is 2.07. The number of para-hydroxylation sites is 1. The molecule has 0 unspecified atom stereocenters. The van der Waals surface area contributed by atoms with Crippen molar-refractivity contribution in [3.05, 3.63) is 76.4 Å². The molecule has 2 aromatic carbocycles. The normalized spacial score (nSPS) is 10.7. The molecular weight excluding hydrogens is 326 g/mol. The third kappa shape index (κ3) is 3.56. The summed E-state index contributed by atoms with van der Waals surface area (Å²) in [6, 6.07) is 19.7. The summed E-state index contributed by atoms with van der Waals surface area (Å²) in [5.41, 5.74) is 2.80. The lowest BCUT2D eigenvalue weighted by Gasteiger charge is -2.03. The molecule has 0 radical (unpaired) electrons. The maximum absolute atomic E-state index is 12.2. The third-order valence-corrected chi connectivity index (χ3v) is 3.88. The average Bonchev–Trinajstić information content (AvgIpc) is 2.49. The first-order chi connectivity index (χ1) is 10.2. The highest BCUT2D eigenvalue weighted by atomic mass is 79.9. The number of rotatable bonds is 4. The molecule has 0 fully saturated rings. The van der Waals surface area contributed by atoms with Gasteiger partial charge in [0.2, 0.25) is 0 Å². The molecule has 0 bridgehead atoms. The highest BCUT2D eigenvalue weighted by molar-refractivity contribution is 9.10. The number of halogens is 1. The van der Waals surface area contributed by atoms with Crippen LogP contribution in [0.1, 0.15) is 11.3 Å². The van der Waals surface area contributed by atoms with Crippen LogP contribution in [0.2, 0.25) is 0 Å². The number of Topliss-reactive ketones (excluding diaryl/α,β-unsaturated/α-hetero) is 1. The van der Waals surface area contributed by atoms with Crippen molar-refractivity contribution in [1.29, 1.82) is 0 Å². The molecule has 1 aromatic heterocycles. The largest absolute Gasteiger partial charge is 0.299 e. The van der Waals surface area contributed by atoms with Crippen LogP contribution in [0.25, 0.3) is 10.9 Å². The molecule has 1 heterocycles. The van der Waals surface area contributed by atoms with Gasteiger partial charge in [0.05, 0.1) is 5.52 Å². The Hall–Kier alpha value is -2.00. The Morgan fingerprint density at radius 2 is 1.67 bits per heavy atom. The molecule has 0 aliphatic heterocycles. The Balaban J connectivity index is 1.72. The average molecular weight is 340 g/mol. The van der Waals surface area contributed by atoms with Gasteiger partial charge < -0.3 is 0 Å². The second kappa shape index (κ2) is 6.19. The number of nitrogens with zero attached hydrogens (tertiary/aromatic N) is 1. The van der Waals surface area contributed by atoms with Crippen LogP contribution < -0.4 is 0 Å². The number of carbonyl (C=O) groups excluding carboxylic acids is 1. The minimum Gasteiger partial charge on any atom is -0.299 e. The number of benzene rings is 2. The van der Waals surface area contributed by atoms with Crippen LogP contribution >= 0.6 is 15.9 Å². The highest BCUT2D eigenvalue weighted by Crippen LogP contribution is 2.14. The molecule has 3 heteroatoms. The topological polar surface area (TPSA) is 30.0 Å². The predicted octanol–water partition coefficient (Wildman–Crippen LogP) is 4.35. The Labute approximate surface area is 132 Å². The Bertz CT molecular complexity index is 781. The number of carbonyl (C=O) groups is 1. The Kier molecular flexibility index (Phi) is 4.11. The first-order valence-corrected chi connectivity index (χ1v) is 7.61. The quantitative estimate of drug-likeness (QED) is 0.707. The third-order valence-electron chi connectivity index (χ3n) is 3.35. The molecule has 2 nitrogen and oxygen atoms in total. The van der Waals surface area contributed by atoms with Crippen molar-refractivity contribution in [3.63, 3.8) is 0 Å². The molecule has 0 saturated heterocycles. The second-order valence-electron chi connectivity index (χ2n) is 5.01. The summed E-state index contributed by atoms with van der Waals surface area (Å²) in [6.45, 7) is 0. The maximum atomic E-state index is 12.2. The van der Waals surface area contributed by atoms with E-state index < -0.39 is 0 Å². The van der Waals surface area contributed by atoms with Crippen molar-refractivity contribution in [2.75, 3.05) is 0 Å². The molecule has 0 N–H and O–H groups in total. The van der Waals surface area contributed by atoms with Gasteiger partial charge in [-0.15, -0.1) is 0 Å². The van der Waals surface area contributed by atoms with Crippen LogP contribution in [-0.4, -0.2) is 10.8 Å². The molecule has 3 rings (SSSR count). The van der Waals surface area contributed by atoms with Gasteiger partial charge in [-0.2, -0.15) is 0 Å². The first kappa shape index (κ1) is 14.0. The number of fused-ring (bicyclic) bond motifs is 1. The van der Waals surface area contributed by atoms with E-state index in [4.69, 9.17) is 0 Å². The van der Waals surface area contributed by atoms with Crippen LogP contribution in [0, 0.1) is 0 Å². The van der Waals surface area contributed by atoms with Crippen molar-refractivity contribution in [2.24, 2.45) is 0 Å². The monoisotopic (exact) mass is 339 g/mol. The second-order valence-corrected chi connectivity index (χ2v) is 5.93. The van der Waals surface area contributed by atoms with Crippen LogP contribution in [0.4, 0.5) is 0 Å². The van der Waals surface area contributed by atoms with Crippen molar-refractivity contribution < 1.29 is 4.79 Å². The van der Waals surface area contributed by atoms with Gasteiger partial charge in [0.15, 0.2) is 0 Å². The van der Waals surface area contributed by atoms with E-state index in [0.717, 1.165) is 26.6 Å². The van der Waals surface area contributed by atoms with Crippen LogP contribution in [0.3, 0.4) is 0 Å². The minimum atomic E-state index is 0.181. The van der Waals surface area contributed by atoms with Crippen molar-refractivity contribution >= 4 is 32.6 Å². The van der Waals surface area contributed by atoms with E-state index in [1.54, 1.807) is 0 Å². The smallest absolute Gasteiger partial charge is 0.143 e. The van der Waals surface area contributed by atoms with Crippen molar-refractivity contribution in [3.8, 4) is 0 Å². The summed E-state index contributed by atoms with van der Waals surface area (Å²) < 4.78 is 1.02. The molecule has 0 amide bonds. The summed E-state index contributed by atoms with van der Waals surface area (Å²) in [5.74, 6) is 0.181. The number of ketones is 1. The molecular formula is C18H14BrNO. The zero-order valence-electron chi connectivity index (χ0n) is 11.4. The van der Waals surface area contributed by atoms with E-state index in [2.05, 4.69) is 20.9 Å². The fraction of sp³-hybridized carbons (Fsp3) is 0.111. The number of hydrogen-bond donors (Lipinski definition) is 0. The SMILES string of the molecule is O=C(Cc1ccc(Br)cc1)Cc1ccc2ccccc2n1. The van der Waals surface area contributed by atoms with Gasteiger partial charge in [0.25, 0.3) is 0 Å². The lowest BCUT2D eigenvalue weighted by atomic mass is 10.1. The fourth-order valence-electron chi connectivity index (χ4n) is 2.30. The number of pyridine rings is 1. The zero-order chi connectivity index (χ0) is 14.7. The van der Waals surface area contributed by atoms with Crippen molar-refractivity contribution in [2.45, 2.75) is 12.8 Å². The summed E-state index contributed by atoms with van der Waals surface area (Å²) in [4.78, 5) is 16.7. The molecule has 0 spiro atoms. The van der Waals surface area contributed by atoms with Gasteiger partial charge in [0, 0.05) is 28.4 Å². The summed E-state index contributed by atoms with van der Waals surface area (Å²) in [5, 5.41) is 1.10. The van der Waals surface area contributed by atoms with E-state index in [0.29, 0.717) is 12.8 Å². The van der Waals surface area contributed by atoms with E-state index in [1.165, 1.54) is 0 Å². The number of hydrogen-bond acceptors (Lipinski definition) is 2. The van der Waals surface area contributed by atoms with Gasteiger partial charge in [-0.3, -0.25) is 9.78 Å². The van der Waals surface area contributed by atoms with Crippen LogP contribution in [-0.2, 0) is 17.6 Å². The van der Waals surface area contributed by atoms with Gasteiger partial charge in [-0.1, -0.05) is 52.3 Å². The minimum absolute atomic E-state index is 0.181. The van der Waals surface area contributed by atoms with E-state index >= 15 is 0 Å². The van der Waals surface area contributed by atoms with Crippen LogP contribution in [0.15, 0.2) is 65.1 Å². The molecule has 0 aliphatic carbocycles. The van der Waals surface area contributed by atoms with E-state index in [-0.39, 0.29) is 5.78 Å². The lowest BCUT2D eigenvalue weighted by Crippen LogP contribution is -2.07. The van der Waals surface area contributed by atoms with Crippen molar-refractivity contribution in [1.82, 2.24) is 4.98 Å². The molecule has 0 saturated carbocycles. The van der Waals surface area contributed by atoms with Gasteiger partial charge in [0.1, 0.15) is 5.78 Å². The lowest BCUT2D eigenvalue weighted by molar-refractivity contribution is -0.117. The fourth-order valence-corrected chi connectivity index (χ4v) is 2.57. The maximum Gasteiger partial charge on any atom is 0.143 e. The van der Waals surface area contributed by atoms with E-state index in [1.807, 2.05) is 60.7 Å². The Morgan fingerprint density at radius 1 is 0.905 bits per heavy atom. The zero-order valence-corrected chi connectivity index (χ0v) is 13.0. The van der Waals surface area contributed by atoms with E-state index in [9.17, 15) is 4.79 Å². The summed E-state index contributed by atoms with van der Waals surface area (Å²) in [6.07, 6.45) is 0.822. The van der Waals surface area contributed by atoms with Gasteiger partial charge in [-0.25, -0.2) is 0 Å². The van der Waals surface area contributed by atoms with Gasteiger partial charge >= 0.3 is 0 Å². The molecule has 3 aromatic rings. The standard InChI is InChI=1S/C18H14BrNO/c19-15-8-5-13(6-9-15)11-17(21)12-16-10-7-14-3-1-2-4-18(14)20-16/h1-10H,11-12H2. The molecule has 0 aliphatic rings. The number of aromatic nitrogens is 1. The molecule has 104 valence electrons. The first-order valence-electron chi connectivity index (χ1n) is 6.81.